The van der Waals surface area contributed by atoms with Crippen LogP contribution in [-0.4, -0.2) is 115 Å². The van der Waals surface area contributed by atoms with Crippen molar-refractivity contribution in [3.05, 3.63) is 351 Å². The Labute approximate surface area is 762 Å². The Morgan fingerprint density at radius 3 is 1.34 bits per heavy atom. The van der Waals surface area contributed by atoms with Gasteiger partial charge in [-0.3, -0.25) is 38.3 Å². The quantitative estimate of drug-likeness (QED) is 0.0327. The number of pyridine rings is 2. The standard InChI is InChI=1S/C28H25FN6O.C26H23FN6O.C26H23FN6.C25H23N5/c1-16-12-17(14-19(29)13-16)2-7-25-32-26(27(33-25)24-9-11-35(34-24)20-4-5-20)21-8-10-31-23-6-3-18(28(30)36)15-22(21)23;1-15-10-16(12-18(27)11-15)2-7-23-30-24(17-3-6-21-20(13-17)26(34)29-14-28-21)25(31-23)22-8-9-33(32-22)19-4-5-19;1-16-10-17(12-20(27)11-16)2-7-24-30-25(18-3-6-22-19(13-18)14-28-15-29-22)26(31-24)23-8-9-33(32-23)21-4-5-21;1-17-5-3-6-18(15-17)8-11-23-27-24(25(28-23)22-12-14-30(2)29-22)20-9-10-21-19(16-20)7-4-13-26-21/h3,6,8-15,20H,2,4-5,7H2,1H3,(H2,30,36)(H,32,33);3,6,8-14,19H,2,4-5,7H2,1H3,(H,30,31)(H,28,29,34);3,6,8-15,21H,2,4-5,7H2,1H3,(H,30,31);3-7,9-10,12-16H,8,11H2,1-2H3,(H,27,28). The second-order valence-corrected chi connectivity index (χ2v) is 34.8. The lowest BCUT2D eigenvalue weighted by Crippen LogP contribution is -2.10. The van der Waals surface area contributed by atoms with Crippen molar-refractivity contribution in [2.45, 2.75) is 136 Å². The van der Waals surface area contributed by atoms with E-state index >= 15 is 0 Å². The van der Waals surface area contributed by atoms with Gasteiger partial charge in [0.1, 0.15) is 69.9 Å². The van der Waals surface area contributed by atoms with Crippen molar-refractivity contribution in [3.63, 3.8) is 0 Å². The first-order valence-electron chi connectivity index (χ1n) is 44.8. The fourth-order valence-corrected chi connectivity index (χ4v) is 17.2. The number of nitrogens with two attached hydrogens (primary N) is 1. The first-order chi connectivity index (χ1) is 64.7. The number of primary amides is 1. The monoisotopic (exact) mass is 1770 g/mol. The van der Waals surface area contributed by atoms with E-state index in [0.29, 0.717) is 73.1 Å². The smallest absolute Gasteiger partial charge is 0.258 e. The highest BCUT2D eigenvalue weighted by atomic mass is 19.1. The number of nitrogens with one attached hydrogen (secondary N) is 5. The van der Waals surface area contributed by atoms with Crippen LogP contribution >= 0.6 is 0 Å². The number of nitrogens with zero attached hydrogens (tertiary/aromatic N) is 17. The van der Waals surface area contributed by atoms with Gasteiger partial charge < -0.3 is 30.7 Å². The largest absolute Gasteiger partial charge is 0.366 e. The van der Waals surface area contributed by atoms with Crippen LogP contribution in [0.4, 0.5) is 13.2 Å². The van der Waals surface area contributed by atoms with E-state index in [1.807, 2.05) is 175 Å². The molecule has 133 heavy (non-hydrogen) atoms. The third-order valence-electron chi connectivity index (χ3n) is 24.2. The third-order valence-corrected chi connectivity index (χ3v) is 24.2. The van der Waals surface area contributed by atoms with Gasteiger partial charge in [0.2, 0.25) is 5.91 Å². The van der Waals surface area contributed by atoms with Crippen molar-refractivity contribution < 1.29 is 18.0 Å². The van der Waals surface area contributed by atoms with Crippen LogP contribution in [-0.2, 0) is 58.4 Å². The summed E-state index contributed by atoms with van der Waals surface area (Å²) in [6, 6.07) is 62.6. The molecule has 28 heteroatoms. The molecule has 0 radical (unpaired) electrons. The first-order valence-corrected chi connectivity index (χ1v) is 44.8. The number of carbonyl (C=O) groups is 1. The highest BCUT2D eigenvalue weighted by molar-refractivity contribution is 6.02. The Morgan fingerprint density at radius 2 is 0.842 bits per heavy atom. The topological polar surface area (TPSA) is 326 Å². The Kier molecular flexibility index (Phi) is 23.6. The molecule has 0 atom stereocenters. The lowest BCUT2D eigenvalue weighted by atomic mass is 10.0. The summed E-state index contributed by atoms with van der Waals surface area (Å²) in [5.74, 6) is 2.23. The molecule has 0 aliphatic heterocycles. The van der Waals surface area contributed by atoms with Crippen LogP contribution in [0, 0.1) is 45.1 Å². The summed E-state index contributed by atoms with van der Waals surface area (Å²) in [4.78, 5) is 82.2. The van der Waals surface area contributed by atoms with Gasteiger partial charge in [-0.15, -0.1) is 0 Å². The summed E-state index contributed by atoms with van der Waals surface area (Å²) in [6.07, 6.45) is 29.0. The number of hydrogen-bond acceptors (Lipinski definition) is 15. The number of aromatic amines is 5. The number of rotatable bonds is 24. The van der Waals surface area contributed by atoms with Gasteiger partial charge in [0.25, 0.3) is 5.56 Å². The zero-order valence-corrected chi connectivity index (χ0v) is 73.9. The van der Waals surface area contributed by atoms with E-state index in [-0.39, 0.29) is 23.0 Å². The van der Waals surface area contributed by atoms with Crippen LogP contribution in [0.1, 0.15) is 135 Å². The van der Waals surface area contributed by atoms with Gasteiger partial charge >= 0.3 is 0 Å². The van der Waals surface area contributed by atoms with Crippen molar-refractivity contribution in [1.29, 1.82) is 0 Å². The van der Waals surface area contributed by atoms with Crippen molar-refractivity contribution >= 4 is 49.5 Å². The van der Waals surface area contributed by atoms with Gasteiger partial charge in [-0.05, 0) is 258 Å². The summed E-state index contributed by atoms with van der Waals surface area (Å²) in [6.45, 7) is 7.82. The highest BCUT2D eigenvalue weighted by Crippen LogP contribution is 2.42. The van der Waals surface area contributed by atoms with Crippen LogP contribution in [0.3, 0.4) is 0 Å². The maximum atomic E-state index is 13.9. The molecule has 12 heterocycles. The molecule has 7 N–H and O–H groups in total. The van der Waals surface area contributed by atoms with E-state index in [4.69, 9.17) is 41.0 Å². The molecule has 0 bridgehead atoms. The van der Waals surface area contributed by atoms with Gasteiger partial charge in [-0.25, -0.2) is 48.1 Å². The molecule has 1 amide bonds. The Balaban J connectivity index is 0.000000111. The fraction of sp³-hybridized carbons (Fsp3) is 0.210. The average Bonchev–Trinajstić information content (AvgIpc) is 1.64. The second kappa shape index (κ2) is 36.9. The molecule has 0 saturated heterocycles. The number of imidazole rings is 4. The van der Waals surface area contributed by atoms with Crippen molar-refractivity contribution in [2.75, 3.05) is 0 Å². The SMILES string of the molecule is Cc1cc(F)cc(CCc2nc(-c3ccc4nc[nH]c(=O)c4c3)c(-c3ccn(C4CC4)n3)[nH]2)c1.Cc1cc(F)cc(CCc2nc(-c3ccc4ncncc4c3)c(-c3ccn(C4CC4)n3)[nH]2)c1.Cc1cc(F)cc(CCc2nc(-c3ccnc4ccc(C(N)=O)cc34)c(-c3ccn(C4CC4)n3)[nH]2)c1.Cc1cccc(CCc2nc(-c3ccc4ncccc4c3)c(-c3ccn(C)n3)[nH]2)c1. The molecule has 0 unspecified atom stereocenters. The van der Waals surface area contributed by atoms with Crippen LogP contribution in [0.2, 0.25) is 0 Å². The molecule has 23 rings (SSSR count). The maximum Gasteiger partial charge on any atom is 0.258 e. The molecular formula is C105H94F3N23O2. The van der Waals surface area contributed by atoms with E-state index in [1.165, 1.54) is 42.4 Å². The number of halogens is 3. The van der Waals surface area contributed by atoms with Crippen LogP contribution < -0.4 is 11.3 Å². The Morgan fingerprint density at radius 1 is 0.398 bits per heavy atom. The third kappa shape index (κ3) is 19.6. The predicted molar refractivity (Wildman–Crippen MR) is 509 cm³/mol. The first kappa shape index (κ1) is 85.1. The van der Waals surface area contributed by atoms with Gasteiger partial charge in [0, 0.05) is 120 Å². The molecule has 0 spiro atoms. The number of aryl methyl sites for hydroxylation is 13. The molecule has 3 aliphatic rings. The van der Waals surface area contributed by atoms with Crippen molar-refractivity contribution in [2.24, 2.45) is 12.8 Å². The molecule has 20 aromatic rings. The molecule has 8 aromatic carbocycles. The minimum atomic E-state index is -0.497. The second-order valence-electron chi connectivity index (χ2n) is 34.8. The molecule has 25 nitrogen and oxygen atoms in total. The minimum absolute atomic E-state index is 0.191. The number of aromatic nitrogens is 22. The number of H-pyrrole nitrogens is 5. The van der Waals surface area contributed by atoms with E-state index in [2.05, 4.69) is 110 Å². The molecule has 662 valence electrons. The Bertz CT molecular complexity index is 7740. The zero-order valence-electron chi connectivity index (χ0n) is 73.9. The van der Waals surface area contributed by atoms with Crippen molar-refractivity contribution in [1.82, 2.24) is 109 Å². The normalized spacial score (nSPS) is 13.0. The van der Waals surface area contributed by atoms with Crippen LogP contribution in [0.15, 0.2) is 255 Å². The van der Waals surface area contributed by atoms with Gasteiger partial charge in [0.05, 0.1) is 97.5 Å². The minimum Gasteiger partial charge on any atom is -0.366 e. The number of benzene rings is 8. The number of amides is 1. The van der Waals surface area contributed by atoms with E-state index < -0.39 is 5.91 Å². The summed E-state index contributed by atoms with van der Waals surface area (Å²) in [7, 11) is 1.93. The summed E-state index contributed by atoms with van der Waals surface area (Å²) in [5, 5.41) is 22.4. The van der Waals surface area contributed by atoms with Crippen LogP contribution in [0.5, 0.6) is 0 Å². The lowest BCUT2D eigenvalue weighted by Gasteiger charge is -2.07. The van der Waals surface area contributed by atoms with Crippen molar-refractivity contribution in [3.8, 4) is 90.6 Å². The molecule has 3 aliphatic carbocycles. The van der Waals surface area contributed by atoms with E-state index in [1.54, 1.807) is 55.0 Å². The molecular weight excluding hydrogens is 1670 g/mol. The summed E-state index contributed by atoms with van der Waals surface area (Å²) in [5.41, 5.74) is 31.0. The number of carbonyl (C=O) groups excluding carboxylic acids is 1. The number of fused-ring (bicyclic) bond motifs is 4. The number of hydrogen-bond donors (Lipinski definition) is 6. The van der Waals surface area contributed by atoms with Gasteiger partial charge in [-0.2, -0.15) is 20.4 Å². The summed E-state index contributed by atoms with van der Waals surface area (Å²) >= 11 is 0. The Hall–Kier alpha value is -16.0. The maximum absolute atomic E-state index is 13.9. The van der Waals surface area contributed by atoms with Gasteiger partial charge in [0.15, 0.2) is 0 Å². The molecule has 3 saturated carbocycles. The predicted octanol–water partition coefficient (Wildman–Crippen LogP) is 20.5. The van der Waals surface area contributed by atoms with E-state index in [9.17, 15) is 22.8 Å². The molecule has 12 aromatic heterocycles. The van der Waals surface area contributed by atoms with Crippen LogP contribution in [0.25, 0.3) is 134 Å². The highest BCUT2D eigenvalue weighted by Gasteiger charge is 2.30. The van der Waals surface area contributed by atoms with E-state index in [0.717, 1.165) is 218 Å². The fourth-order valence-electron chi connectivity index (χ4n) is 17.2. The summed E-state index contributed by atoms with van der Waals surface area (Å²) < 4.78 is 49.4. The zero-order chi connectivity index (χ0) is 90.9. The molecule has 3 fully saturated rings. The average molecular weight is 1770 g/mol. The van der Waals surface area contributed by atoms with Gasteiger partial charge in [-0.1, -0.05) is 72.3 Å². The lowest BCUT2D eigenvalue weighted by molar-refractivity contribution is 0.1000.